The molecule has 132 valence electrons. The Morgan fingerprint density at radius 2 is 1.40 bits per heavy atom. The molecule has 0 aliphatic carbocycles. The van der Waals surface area contributed by atoms with Crippen molar-refractivity contribution in [3.05, 3.63) is 47.5 Å². The van der Waals surface area contributed by atoms with Gasteiger partial charge in [0, 0.05) is 24.0 Å². The number of ether oxygens (including phenoxy) is 1. The molecular weight excluding hydrogens is 324 g/mol. The van der Waals surface area contributed by atoms with Crippen LogP contribution >= 0.6 is 0 Å². The third-order valence-electron chi connectivity index (χ3n) is 3.87. The van der Waals surface area contributed by atoms with Gasteiger partial charge in [-0.15, -0.1) is 0 Å². The van der Waals surface area contributed by atoms with Crippen LogP contribution in [-0.4, -0.2) is 34.4 Å². The number of phenols is 1. The van der Waals surface area contributed by atoms with Crippen LogP contribution in [0.2, 0.25) is 0 Å². The molecule has 0 saturated heterocycles. The Hall–Kier alpha value is -3.02. The van der Waals surface area contributed by atoms with Gasteiger partial charge in [-0.3, -0.25) is 9.59 Å². The van der Waals surface area contributed by atoms with E-state index in [0.29, 0.717) is 29.7 Å². The van der Waals surface area contributed by atoms with Crippen LogP contribution in [0.5, 0.6) is 11.5 Å². The lowest BCUT2D eigenvalue weighted by molar-refractivity contribution is -0.138. The van der Waals surface area contributed by atoms with E-state index in [9.17, 15) is 14.7 Å². The quantitative estimate of drug-likeness (QED) is 0.680. The van der Waals surface area contributed by atoms with E-state index in [1.54, 1.807) is 30.3 Å². The molecule has 0 saturated carbocycles. The van der Waals surface area contributed by atoms with Gasteiger partial charge >= 0.3 is 11.9 Å². The number of carbonyl (C=O) groups is 2. The fraction of sp³-hybridized carbons (Fsp3) is 0.263. The Morgan fingerprint density at radius 1 is 0.880 bits per heavy atom. The molecule has 2 rings (SSSR count). The van der Waals surface area contributed by atoms with E-state index in [1.807, 2.05) is 0 Å². The summed E-state index contributed by atoms with van der Waals surface area (Å²) in [6.07, 6.45) is 0.728. The molecule has 0 aliphatic heterocycles. The number of rotatable bonds is 8. The number of aryl methyl sites for hydroxylation is 2. The van der Waals surface area contributed by atoms with Crippen LogP contribution in [0.1, 0.15) is 24.0 Å². The van der Waals surface area contributed by atoms with E-state index in [1.165, 1.54) is 13.2 Å². The smallest absolute Gasteiger partial charge is 0.303 e. The van der Waals surface area contributed by atoms with Gasteiger partial charge in [-0.05, 0) is 48.2 Å². The zero-order valence-electron chi connectivity index (χ0n) is 13.9. The Bertz CT molecular complexity index is 781. The van der Waals surface area contributed by atoms with E-state index in [0.717, 1.165) is 11.1 Å². The molecule has 3 N–H and O–H groups in total. The summed E-state index contributed by atoms with van der Waals surface area (Å²) in [5, 5.41) is 27.9. The SMILES string of the molecule is COc1ccc(CCC(=O)O)cc1-c1cc(CCC(=O)O)ccc1O. The van der Waals surface area contributed by atoms with Gasteiger partial charge in [-0.1, -0.05) is 12.1 Å². The first-order chi connectivity index (χ1) is 11.9. The molecule has 6 heteroatoms. The average molecular weight is 344 g/mol. The molecule has 0 amide bonds. The van der Waals surface area contributed by atoms with Gasteiger partial charge in [0.1, 0.15) is 11.5 Å². The van der Waals surface area contributed by atoms with Crippen molar-refractivity contribution in [2.24, 2.45) is 0 Å². The van der Waals surface area contributed by atoms with Gasteiger partial charge in [0.25, 0.3) is 0 Å². The van der Waals surface area contributed by atoms with Crippen molar-refractivity contribution in [1.82, 2.24) is 0 Å². The summed E-state index contributed by atoms with van der Waals surface area (Å²) < 4.78 is 5.35. The van der Waals surface area contributed by atoms with Crippen molar-refractivity contribution in [1.29, 1.82) is 0 Å². The lowest BCUT2D eigenvalue weighted by atomic mass is 9.96. The summed E-state index contributed by atoms with van der Waals surface area (Å²) in [5.41, 5.74) is 2.76. The molecule has 0 atom stereocenters. The summed E-state index contributed by atoms with van der Waals surface area (Å²) in [5.74, 6) is -1.17. The Labute approximate surface area is 145 Å². The molecule has 2 aromatic carbocycles. The van der Waals surface area contributed by atoms with E-state index in [4.69, 9.17) is 14.9 Å². The second-order valence-corrected chi connectivity index (χ2v) is 5.67. The topological polar surface area (TPSA) is 104 Å². The van der Waals surface area contributed by atoms with Crippen LogP contribution in [0.15, 0.2) is 36.4 Å². The predicted molar refractivity (Wildman–Crippen MR) is 92.0 cm³/mol. The summed E-state index contributed by atoms with van der Waals surface area (Å²) in [6.45, 7) is 0. The molecule has 25 heavy (non-hydrogen) atoms. The highest BCUT2D eigenvalue weighted by atomic mass is 16.5. The monoisotopic (exact) mass is 344 g/mol. The van der Waals surface area contributed by atoms with Crippen LogP contribution < -0.4 is 4.74 Å². The van der Waals surface area contributed by atoms with Gasteiger partial charge in [0.05, 0.1) is 7.11 Å². The number of phenolic OH excluding ortho intramolecular Hbond substituents is 1. The van der Waals surface area contributed by atoms with E-state index >= 15 is 0 Å². The van der Waals surface area contributed by atoms with Crippen molar-refractivity contribution in [2.75, 3.05) is 7.11 Å². The molecule has 0 bridgehead atoms. The molecule has 0 aliphatic rings. The minimum absolute atomic E-state index is 0.00000140. The highest BCUT2D eigenvalue weighted by Gasteiger charge is 2.13. The first-order valence-corrected chi connectivity index (χ1v) is 7.83. The van der Waals surface area contributed by atoms with Crippen molar-refractivity contribution in [3.8, 4) is 22.6 Å². The first-order valence-electron chi connectivity index (χ1n) is 7.83. The third-order valence-corrected chi connectivity index (χ3v) is 3.87. The van der Waals surface area contributed by atoms with Gasteiger partial charge in [-0.25, -0.2) is 0 Å². The molecular formula is C19H20O6. The number of aliphatic carboxylic acids is 2. The molecule has 0 aromatic heterocycles. The molecule has 2 aromatic rings. The van der Waals surface area contributed by atoms with Crippen molar-refractivity contribution in [3.63, 3.8) is 0 Å². The third kappa shape index (κ3) is 4.97. The normalized spacial score (nSPS) is 10.4. The van der Waals surface area contributed by atoms with E-state index in [-0.39, 0.29) is 18.6 Å². The number of aromatic hydroxyl groups is 1. The number of hydrogen-bond acceptors (Lipinski definition) is 4. The number of benzene rings is 2. The van der Waals surface area contributed by atoms with Gasteiger partial charge in [-0.2, -0.15) is 0 Å². The maximum absolute atomic E-state index is 10.8. The summed E-state index contributed by atoms with van der Waals surface area (Å²) >= 11 is 0. The maximum atomic E-state index is 10.8. The zero-order valence-corrected chi connectivity index (χ0v) is 13.9. The number of carboxylic acids is 2. The largest absolute Gasteiger partial charge is 0.507 e. The minimum Gasteiger partial charge on any atom is -0.507 e. The number of carboxylic acid groups (broad SMARTS) is 2. The lowest BCUT2D eigenvalue weighted by Gasteiger charge is -2.13. The molecule has 0 unspecified atom stereocenters. The second kappa shape index (κ2) is 8.19. The molecule has 0 fully saturated rings. The van der Waals surface area contributed by atoms with Gasteiger partial charge in [0.15, 0.2) is 0 Å². The highest BCUT2D eigenvalue weighted by Crippen LogP contribution is 2.37. The van der Waals surface area contributed by atoms with Crippen LogP contribution in [0.3, 0.4) is 0 Å². The predicted octanol–water partition coefficient (Wildman–Crippen LogP) is 3.10. The van der Waals surface area contributed by atoms with Crippen LogP contribution in [0.25, 0.3) is 11.1 Å². The number of hydrogen-bond donors (Lipinski definition) is 3. The fourth-order valence-electron chi connectivity index (χ4n) is 2.58. The fourth-order valence-corrected chi connectivity index (χ4v) is 2.58. The van der Waals surface area contributed by atoms with E-state index in [2.05, 4.69) is 0 Å². The van der Waals surface area contributed by atoms with Crippen LogP contribution in [0, 0.1) is 0 Å². The lowest BCUT2D eigenvalue weighted by Crippen LogP contribution is -1.99. The molecule has 0 spiro atoms. The summed E-state index contributed by atoms with van der Waals surface area (Å²) in [7, 11) is 1.51. The summed E-state index contributed by atoms with van der Waals surface area (Å²) in [6, 6.07) is 10.2. The Balaban J connectivity index is 2.40. The maximum Gasteiger partial charge on any atom is 0.303 e. The van der Waals surface area contributed by atoms with Crippen LogP contribution in [-0.2, 0) is 22.4 Å². The van der Waals surface area contributed by atoms with E-state index < -0.39 is 11.9 Å². The average Bonchev–Trinajstić information content (AvgIpc) is 2.59. The Kier molecular flexibility index (Phi) is 6.00. The minimum atomic E-state index is -0.886. The molecule has 0 heterocycles. The Morgan fingerprint density at radius 3 is 1.92 bits per heavy atom. The van der Waals surface area contributed by atoms with Crippen molar-refractivity contribution < 1.29 is 29.6 Å². The molecule has 0 radical (unpaired) electrons. The summed E-state index contributed by atoms with van der Waals surface area (Å²) in [4.78, 5) is 21.5. The van der Waals surface area contributed by atoms with Crippen LogP contribution in [0.4, 0.5) is 0 Å². The van der Waals surface area contributed by atoms with Crippen molar-refractivity contribution >= 4 is 11.9 Å². The second-order valence-electron chi connectivity index (χ2n) is 5.67. The molecule has 6 nitrogen and oxygen atoms in total. The zero-order chi connectivity index (χ0) is 18.4. The standard InChI is InChI=1S/C19H20O6/c1-25-17-7-3-13(5-9-19(23)24)11-15(17)14-10-12(2-6-16(14)20)4-8-18(21)22/h2-3,6-7,10-11,20H,4-5,8-9H2,1H3,(H,21,22)(H,23,24). The number of methoxy groups -OCH3 is 1. The van der Waals surface area contributed by atoms with Gasteiger partial charge < -0.3 is 20.1 Å². The van der Waals surface area contributed by atoms with Crippen molar-refractivity contribution in [2.45, 2.75) is 25.7 Å². The van der Waals surface area contributed by atoms with Gasteiger partial charge in [0.2, 0.25) is 0 Å². The highest BCUT2D eigenvalue weighted by molar-refractivity contribution is 5.77. The first kappa shape index (κ1) is 18.3.